The SMILES string of the molecule is CC1=C(C)C(C)[C]([Zr]([CH]2C=C(c3ccc(F)cc3F)c3ccccc32)=[Si](C)C)=C1C. The number of hydrogen-bond acceptors (Lipinski definition) is 0. The van der Waals surface area contributed by atoms with Gasteiger partial charge in [-0.3, -0.25) is 0 Å². The molecule has 2 aromatic rings. The van der Waals surface area contributed by atoms with Gasteiger partial charge in [0.1, 0.15) is 0 Å². The molecular weight excluding hydrogens is 470 g/mol. The van der Waals surface area contributed by atoms with Crippen LogP contribution in [0.3, 0.4) is 0 Å². The van der Waals surface area contributed by atoms with Gasteiger partial charge in [0.25, 0.3) is 0 Å². The molecule has 0 nitrogen and oxygen atoms in total. The summed E-state index contributed by atoms with van der Waals surface area (Å²) in [5.41, 5.74) is 7.95. The van der Waals surface area contributed by atoms with E-state index in [1.807, 2.05) is 6.07 Å². The van der Waals surface area contributed by atoms with Crippen molar-refractivity contribution in [2.24, 2.45) is 5.92 Å². The van der Waals surface area contributed by atoms with E-state index >= 15 is 0 Å². The van der Waals surface area contributed by atoms with Crippen molar-refractivity contribution < 1.29 is 29.1 Å². The molecule has 0 saturated heterocycles. The van der Waals surface area contributed by atoms with Crippen molar-refractivity contribution in [3.05, 3.63) is 96.9 Å². The van der Waals surface area contributed by atoms with E-state index in [9.17, 15) is 8.78 Å². The van der Waals surface area contributed by atoms with Gasteiger partial charge in [-0.2, -0.15) is 0 Å². The van der Waals surface area contributed by atoms with Gasteiger partial charge in [0, 0.05) is 0 Å². The number of halogens is 2. The molecule has 154 valence electrons. The van der Waals surface area contributed by atoms with E-state index < -0.39 is 37.4 Å². The van der Waals surface area contributed by atoms with E-state index in [1.165, 1.54) is 28.3 Å². The zero-order chi connectivity index (χ0) is 21.7. The monoisotopic (exact) mass is 496 g/mol. The number of benzene rings is 2. The van der Waals surface area contributed by atoms with Crippen molar-refractivity contribution in [2.75, 3.05) is 0 Å². The molecule has 0 bridgehead atoms. The number of fused-ring (bicyclic) bond motifs is 1. The summed E-state index contributed by atoms with van der Waals surface area (Å²) in [4.78, 5) is 0. The van der Waals surface area contributed by atoms with Crippen LogP contribution >= 0.6 is 0 Å². The van der Waals surface area contributed by atoms with Gasteiger partial charge in [-0.25, -0.2) is 0 Å². The second-order valence-electron chi connectivity index (χ2n) is 8.75. The fraction of sp³-hybridized carbons (Fsp3) is 0.308. The molecule has 0 N–H and O–H groups in total. The Labute approximate surface area is 186 Å². The first-order valence-corrected chi connectivity index (χ1v) is 19.4. The van der Waals surface area contributed by atoms with Crippen molar-refractivity contribution in [2.45, 2.75) is 44.4 Å². The van der Waals surface area contributed by atoms with Crippen LogP contribution in [0.25, 0.3) is 5.57 Å². The Hall–Kier alpha value is -1.38. The van der Waals surface area contributed by atoms with E-state index in [0.29, 0.717) is 15.1 Å². The van der Waals surface area contributed by atoms with Gasteiger partial charge in [0.2, 0.25) is 0 Å². The summed E-state index contributed by atoms with van der Waals surface area (Å²) >= 11 is -2.11. The zero-order valence-corrected chi connectivity index (χ0v) is 22.0. The van der Waals surface area contributed by atoms with Crippen molar-refractivity contribution in [3.63, 3.8) is 0 Å². The summed E-state index contributed by atoms with van der Waals surface area (Å²) in [6.07, 6.45) is 2.34. The van der Waals surface area contributed by atoms with Crippen LogP contribution in [0.5, 0.6) is 0 Å². The van der Waals surface area contributed by atoms with E-state index in [2.05, 4.69) is 65.1 Å². The molecule has 0 saturated carbocycles. The minimum atomic E-state index is -2.11. The second kappa shape index (κ2) is 8.28. The quantitative estimate of drug-likeness (QED) is 0.383. The van der Waals surface area contributed by atoms with Crippen molar-refractivity contribution in [1.29, 1.82) is 0 Å². The van der Waals surface area contributed by atoms with Crippen LogP contribution in [0.4, 0.5) is 8.78 Å². The Balaban J connectivity index is 1.92. The molecule has 2 atom stereocenters. The summed E-state index contributed by atoms with van der Waals surface area (Å²) in [6.45, 7) is 14.2. The van der Waals surface area contributed by atoms with Gasteiger partial charge < -0.3 is 0 Å². The van der Waals surface area contributed by atoms with Crippen LogP contribution in [0, 0.1) is 17.6 Å². The Morgan fingerprint density at radius 3 is 2.20 bits per heavy atom. The topological polar surface area (TPSA) is 0 Å². The van der Waals surface area contributed by atoms with Gasteiger partial charge in [0.15, 0.2) is 0 Å². The third-order valence-corrected chi connectivity index (χ3v) is 25.5. The molecule has 0 amide bonds. The van der Waals surface area contributed by atoms with Gasteiger partial charge >= 0.3 is 187 Å². The van der Waals surface area contributed by atoms with Crippen molar-refractivity contribution in [1.82, 2.24) is 0 Å². The second-order valence-corrected chi connectivity index (χ2v) is 26.2. The Bertz CT molecular complexity index is 1180. The van der Waals surface area contributed by atoms with Crippen LogP contribution in [0.15, 0.2) is 68.5 Å². The van der Waals surface area contributed by atoms with Gasteiger partial charge in [-0.05, 0) is 0 Å². The molecule has 2 aliphatic carbocycles. The van der Waals surface area contributed by atoms with E-state index in [0.717, 1.165) is 17.2 Å². The van der Waals surface area contributed by atoms with E-state index in [-0.39, 0.29) is 0 Å². The number of allylic oxidation sites excluding steroid dienone is 5. The van der Waals surface area contributed by atoms with Gasteiger partial charge in [0.05, 0.1) is 0 Å². The fourth-order valence-electron chi connectivity index (χ4n) is 5.09. The molecule has 2 unspecified atom stereocenters. The summed E-state index contributed by atoms with van der Waals surface area (Å²) in [6, 6.07) is 12.4. The number of hydrogen-bond donors (Lipinski definition) is 0. The molecule has 2 aliphatic rings. The van der Waals surface area contributed by atoms with Crippen molar-refractivity contribution >= 4 is 11.0 Å². The van der Waals surface area contributed by atoms with Crippen LogP contribution in [0.1, 0.15) is 48.0 Å². The molecule has 4 rings (SSSR count). The first-order chi connectivity index (χ1) is 14.2. The first kappa shape index (κ1) is 21.8. The molecular formula is C26H28F2SiZr. The summed E-state index contributed by atoms with van der Waals surface area (Å²) in [7, 11) is 0. The van der Waals surface area contributed by atoms with Crippen LogP contribution in [0.2, 0.25) is 13.1 Å². The molecule has 0 spiro atoms. The fourth-order valence-corrected chi connectivity index (χ4v) is 24.8. The van der Waals surface area contributed by atoms with E-state index in [4.69, 9.17) is 0 Å². The average Bonchev–Trinajstić information content (AvgIpc) is 3.16. The van der Waals surface area contributed by atoms with Crippen LogP contribution in [-0.2, 0) is 20.4 Å². The average molecular weight is 498 g/mol. The zero-order valence-electron chi connectivity index (χ0n) is 18.5. The molecule has 0 fully saturated rings. The maximum absolute atomic E-state index is 14.7. The molecule has 4 heteroatoms. The van der Waals surface area contributed by atoms with Crippen molar-refractivity contribution in [3.8, 4) is 0 Å². The molecule has 0 aromatic heterocycles. The Morgan fingerprint density at radius 1 is 0.900 bits per heavy atom. The Kier molecular flexibility index (Phi) is 6.03. The Morgan fingerprint density at radius 2 is 1.60 bits per heavy atom. The molecule has 0 aliphatic heterocycles. The van der Waals surface area contributed by atoms with E-state index in [1.54, 1.807) is 9.35 Å². The standard InChI is InChI=1S/C15H9F2.C9H13.C2H6Si.Zr/c16-11-6-8-14(15(17)9-11)13-7-5-10-3-1-2-4-12(10)13;1-6-5-7(2)9(4)8(6)3;1-3-2;/h1-9H;6H,1-4H3;1-2H3;. The minimum absolute atomic E-state index is 0.415. The first-order valence-electron chi connectivity index (χ1n) is 10.5. The number of rotatable bonds is 3. The van der Waals surface area contributed by atoms with Crippen LogP contribution in [-0.4, -0.2) is 5.43 Å². The summed E-state index contributed by atoms with van der Waals surface area (Å²) in [5.74, 6) is -0.467. The molecule has 0 radical (unpaired) electrons. The summed E-state index contributed by atoms with van der Waals surface area (Å²) < 4.78 is 30.5. The van der Waals surface area contributed by atoms with Gasteiger partial charge in [-0.1, -0.05) is 0 Å². The van der Waals surface area contributed by atoms with Crippen LogP contribution < -0.4 is 0 Å². The summed E-state index contributed by atoms with van der Waals surface area (Å²) in [5, 5.41) is 0. The third kappa shape index (κ3) is 3.50. The molecule has 0 heterocycles. The predicted octanol–water partition coefficient (Wildman–Crippen LogP) is 7.58. The molecule has 30 heavy (non-hydrogen) atoms. The predicted molar refractivity (Wildman–Crippen MR) is 120 cm³/mol. The third-order valence-electron chi connectivity index (χ3n) is 6.92. The normalized spacial score (nSPS) is 20.6. The van der Waals surface area contributed by atoms with Gasteiger partial charge in [-0.15, -0.1) is 0 Å². The maximum atomic E-state index is 14.7. The molecule has 2 aromatic carbocycles.